The number of hydrogen-bond acceptors (Lipinski definition) is 6. The summed E-state index contributed by atoms with van der Waals surface area (Å²) >= 11 is 1.29. The largest absolute Gasteiger partial charge is 0.470 e. The Morgan fingerprint density at radius 1 is 1.34 bits per heavy atom. The molecule has 2 rings (SSSR count). The van der Waals surface area contributed by atoms with Gasteiger partial charge in [-0.05, 0) is 44.4 Å². The molecule has 0 saturated carbocycles. The first-order valence-corrected chi connectivity index (χ1v) is 10.2. The Balaban J connectivity index is 2.16. The number of pyridine rings is 1. The molecule has 0 aliphatic heterocycles. The van der Waals surface area contributed by atoms with Gasteiger partial charge in [-0.25, -0.2) is 0 Å². The Hall–Kier alpha value is -2.71. The van der Waals surface area contributed by atoms with E-state index in [1.807, 2.05) is 32.0 Å². The highest BCUT2D eigenvalue weighted by atomic mass is 32.2. The number of methoxy groups -OCH3 is 1. The van der Waals surface area contributed by atoms with E-state index >= 15 is 0 Å². The maximum absolute atomic E-state index is 12.7. The summed E-state index contributed by atoms with van der Waals surface area (Å²) in [5, 5.41) is 12.6. The Bertz CT molecular complexity index is 983. The van der Waals surface area contributed by atoms with Crippen LogP contribution in [0.25, 0.3) is 10.9 Å². The molecular weight excluding hydrogens is 388 g/mol. The number of aliphatic hydroxyl groups is 1. The van der Waals surface area contributed by atoms with E-state index in [1.165, 1.54) is 11.8 Å². The average molecular weight is 413 g/mol. The van der Waals surface area contributed by atoms with Crippen molar-refractivity contribution < 1.29 is 19.4 Å². The molecule has 0 fully saturated rings. The van der Waals surface area contributed by atoms with E-state index in [1.54, 1.807) is 25.6 Å². The average Bonchev–Trinajstić information content (AvgIpc) is 2.69. The van der Waals surface area contributed by atoms with Gasteiger partial charge in [0.25, 0.3) is 5.91 Å². The summed E-state index contributed by atoms with van der Waals surface area (Å²) in [6.45, 7) is 3.73. The first-order chi connectivity index (χ1) is 13.9. The van der Waals surface area contributed by atoms with Gasteiger partial charge in [0.15, 0.2) is 0 Å². The summed E-state index contributed by atoms with van der Waals surface area (Å²) in [6.07, 6.45) is 3.45. The fourth-order valence-electron chi connectivity index (χ4n) is 2.45. The molecule has 152 valence electrons. The van der Waals surface area contributed by atoms with Crippen molar-refractivity contribution in [1.29, 1.82) is 0 Å². The monoisotopic (exact) mass is 412 g/mol. The zero-order chi connectivity index (χ0) is 21.3. The number of fused-ring (bicyclic) bond motifs is 1. The molecule has 1 aromatic carbocycles. The van der Waals surface area contributed by atoms with Crippen LogP contribution in [0.3, 0.4) is 0 Å². The molecule has 0 aliphatic rings. The summed E-state index contributed by atoms with van der Waals surface area (Å²) in [5.41, 5.74) is 0.0349. The van der Waals surface area contributed by atoms with Gasteiger partial charge in [0.05, 0.1) is 11.1 Å². The number of rotatable bonds is 6. The highest BCUT2D eigenvalue weighted by Gasteiger charge is 2.25. The van der Waals surface area contributed by atoms with Crippen LogP contribution >= 0.6 is 11.8 Å². The number of thioether (sulfide) groups is 1. The van der Waals surface area contributed by atoms with Gasteiger partial charge in [-0.15, -0.1) is 11.8 Å². The molecule has 0 radical (unpaired) electrons. The Morgan fingerprint density at radius 3 is 2.83 bits per heavy atom. The van der Waals surface area contributed by atoms with Crippen LogP contribution in [0.4, 0.5) is 0 Å². The molecule has 1 heterocycles. The van der Waals surface area contributed by atoms with Crippen molar-refractivity contribution in [2.24, 2.45) is 0 Å². The fourth-order valence-corrected chi connectivity index (χ4v) is 2.93. The number of nitrogens with one attached hydrogen (secondary N) is 1. The van der Waals surface area contributed by atoms with Crippen molar-refractivity contribution in [3.8, 4) is 29.4 Å². The molecular formula is C22H24N2O4S. The minimum absolute atomic E-state index is 0.210. The van der Waals surface area contributed by atoms with Crippen LogP contribution in [0.1, 0.15) is 19.4 Å². The third kappa shape index (κ3) is 6.99. The SMILES string of the molecule is COCC#CC(C)(C)NC(=O)C(Oc1ccc2ncc(C#CCO)cc2c1)SC. The van der Waals surface area contributed by atoms with Crippen molar-refractivity contribution in [3.05, 3.63) is 36.0 Å². The van der Waals surface area contributed by atoms with Gasteiger partial charge in [0.2, 0.25) is 5.44 Å². The molecule has 1 amide bonds. The van der Waals surface area contributed by atoms with Gasteiger partial charge in [0, 0.05) is 24.3 Å². The lowest BCUT2D eigenvalue weighted by atomic mass is 10.1. The maximum Gasteiger partial charge on any atom is 0.272 e. The van der Waals surface area contributed by atoms with Crippen LogP contribution in [0, 0.1) is 23.7 Å². The minimum atomic E-state index is -0.735. The van der Waals surface area contributed by atoms with E-state index in [4.69, 9.17) is 14.6 Å². The Morgan fingerprint density at radius 2 is 2.14 bits per heavy atom. The minimum Gasteiger partial charge on any atom is -0.470 e. The van der Waals surface area contributed by atoms with Crippen LogP contribution in [-0.4, -0.2) is 53.6 Å². The number of nitrogens with zero attached hydrogens (tertiary/aromatic N) is 1. The molecule has 0 spiro atoms. The van der Waals surface area contributed by atoms with Crippen molar-refractivity contribution >= 4 is 28.6 Å². The maximum atomic E-state index is 12.7. The summed E-state index contributed by atoms with van der Waals surface area (Å²) < 4.78 is 10.8. The highest BCUT2D eigenvalue weighted by molar-refractivity contribution is 7.99. The molecule has 0 saturated heterocycles. The Labute approximate surface area is 175 Å². The smallest absolute Gasteiger partial charge is 0.272 e. The summed E-state index contributed by atoms with van der Waals surface area (Å²) in [7, 11) is 1.57. The number of aromatic nitrogens is 1. The highest BCUT2D eigenvalue weighted by Crippen LogP contribution is 2.23. The van der Waals surface area contributed by atoms with Gasteiger partial charge < -0.3 is 19.9 Å². The first-order valence-electron chi connectivity index (χ1n) is 8.88. The number of carbonyl (C=O) groups excluding carboxylic acids is 1. The number of ether oxygens (including phenoxy) is 2. The molecule has 1 atom stereocenters. The second-order valence-corrected chi connectivity index (χ2v) is 7.47. The summed E-state index contributed by atoms with van der Waals surface area (Å²) in [6, 6.07) is 7.27. The molecule has 29 heavy (non-hydrogen) atoms. The summed E-state index contributed by atoms with van der Waals surface area (Å²) in [4.78, 5) is 17.0. The zero-order valence-corrected chi connectivity index (χ0v) is 17.7. The van der Waals surface area contributed by atoms with Crippen LogP contribution < -0.4 is 10.1 Å². The number of carbonyl (C=O) groups is 1. The fraction of sp³-hybridized carbons (Fsp3) is 0.364. The van der Waals surface area contributed by atoms with Gasteiger partial charge >= 0.3 is 0 Å². The summed E-state index contributed by atoms with van der Waals surface area (Å²) in [5.74, 6) is 11.5. The molecule has 7 heteroatoms. The molecule has 0 bridgehead atoms. The topological polar surface area (TPSA) is 80.7 Å². The van der Waals surface area contributed by atoms with E-state index < -0.39 is 11.0 Å². The third-order valence-electron chi connectivity index (χ3n) is 3.69. The number of aliphatic hydroxyl groups excluding tert-OH is 1. The van der Waals surface area contributed by atoms with Crippen molar-refractivity contribution in [3.63, 3.8) is 0 Å². The van der Waals surface area contributed by atoms with Gasteiger partial charge in [-0.1, -0.05) is 23.7 Å². The van der Waals surface area contributed by atoms with Crippen molar-refractivity contribution in [2.45, 2.75) is 24.8 Å². The van der Waals surface area contributed by atoms with Crippen LogP contribution in [0.2, 0.25) is 0 Å². The number of amides is 1. The second kappa shape index (κ2) is 10.7. The lowest BCUT2D eigenvalue weighted by Gasteiger charge is -2.24. The zero-order valence-electron chi connectivity index (χ0n) is 16.9. The standard InChI is InChI=1S/C22H24N2O4S/c1-22(2,10-6-12-27-3)24-20(26)21(29-4)28-18-8-9-19-17(14-18)13-16(15-23-19)7-5-11-25/h8-9,13-15,21,25H,11-12H2,1-4H3,(H,24,26). The van der Waals surface area contributed by atoms with Crippen LogP contribution in [-0.2, 0) is 9.53 Å². The number of benzene rings is 1. The van der Waals surface area contributed by atoms with Crippen LogP contribution in [0.15, 0.2) is 30.5 Å². The number of hydrogen-bond donors (Lipinski definition) is 2. The van der Waals surface area contributed by atoms with E-state index in [0.717, 1.165) is 10.9 Å². The first kappa shape index (κ1) is 22.6. The molecule has 6 nitrogen and oxygen atoms in total. The van der Waals surface area contributed by atoms with E-state index in [2.05, 4.69) is 34.0 Å². The predicted octanol–water partition coefficient (Wildman–Crippen LogP) is 2.19. The third-order valence-corrected chi connectivity index (χ3v) is 4.43. The normalized spacial score (nSPS) is 11.6. The lowest BCUT2D eigenvalue weighted by molar-refractivity contribution is -0.125. The predicted molar refractivity (Wildman–Crippen MR) is 116 cm³/mol. The Kier molecular flexibility index (Phi) is 8.35. The molecule has 2 aromatic rings. The second-order valence-electron chi connectivity index (χ2n) is 6.57. The van der Waals surface area contributed by atoms with Crippen molar-refractivity contribution in [1.82, 2.24) is 10.3 Å². The van der Waals surface area contributed by atoms with E-state index in [0.29, 0.717) is 17.9 Å². The lowest BCUT2D eigenvalue weighted by Crippen LogP contribution is -2.47. The van der Waals surface area contributed by atoms with Gasteiger partial charge in [-0.3, -0.25) is 9.78 Å². The van der Waals surface area contributed by atoms with Gasteiger partial charge in [0.1, 0.15) is 19.0 Å². The molecule has 1 aromatic heterocycles. The van der Waals surface area contributed by atoms with E-state index in [-0.39, 0.29) is 12.5 Å². The molecule has 0 aliphatic carbocycles. The van der Waals surface area contributed by atoms with Crippen LogP contribution in [0.5, 0.6) is 5.75 Å². The van der Waals surface area contributed by atoms with E-state index in [9.17, 15) is 4.79 Å². The molecule has 1 unspecified atom stereocenters. The van der Waals surface area contributed by atoms with Crippen molar-refractivity contribution in [2.75, 3.05) is 26.6 Å². The quantitative estimate of drug-likeness (QED) is 0.559. The molecule has 2 N–H and O–H groups in total. The van der Waals surface area contributed by atoms with Gasteiger partial charge in [-0.2, -0.15) is 0 Å².